The van der Waals surface area contributed by atoms with Crippen molar-refractivity contribution in [3.8, 4) is 11.4 Å². The molecule has 0 spiro atoms. The monoisotopic (exact) mass is 534 g/mol. The smallest absolute Gasteiger partial charge is 0.406 e. The second-order valence-electron chi connectivity index (χ2n) is 10.8. The quantitative estimate of drug-likeness (QED) is 0.524. The minimum atomic E-state index is -4.80. The molecule has 0 unspecified atom stereocenters. The second-order valence-corrected chi connectivity index (χ2v) is 10.8. The van der Waals surface area contributed by atoms with E-state index in [1.807, 2.05) is 0 Å². The first-order valence-corrected chi connectivity index (χ1v) is 13.2. The van der Waals surface area contributed by atoms with Crippen molar-refractivity contribution in [1.29, 1.82) is 0 Å². The third-order valence-corrected chi connectivity index (χ3v) is 7.89. The van der Waals surface area contributed by atoms with Crippen LogP contribution in [0.25, 0.3) is 5.69 Å². The van der Waals surface area contributed by atoms with Crippen LogP contribution in [0.15, 0.2) is 24.3 Å². The van der Waals surface area contributed by atoms with Gasteiger partial charge in [-0.2, -0.15) is 5.10 Å². The van der Waals surface area contributed by atoms with Crippen LogP contribution in [0.2, 0.25) is 0 Å². The lowest BCUT2D eigenvalue weighted by Gasteiger charge is -2.34. The van der Waals surface area contributed by atoms with Gasteiger partial charge in [-0.25, -0.2) is 4.68 Å². The van der Waals surface area contributed by atoms with Crippen molar-refractivity contribution in [3.63, 3.8) is 0 Å². The number of carbonyl (C=O) groups is 2. The number of ether oxygens (including phenoxy) is 1. The molecule has 1 aromatic heterocycles. The van der Waals surface area contributed by atoms with Crippen molar-refractivity contribution >= 4 is 11.7 Å². The molecule has 206 valence electrons. The number of Topliss-reactive ketones (excluding diaryl/α,β-unsaturated/α-hetero) is 1. The molecule has 2 saturated carbocycles. The van der Waals surface area contributed by atoms with Gasteiger partial charge in [-0.3, -0.25) is 14.5 Å². The van der Waals surface area contributed by atoms with E-state index < -0.39 is 12.5 Å². The molecular weight excluding hydrogens is 501 g/mol. The molecule has 2 heterocycles. The summed E-state index contributed by atoms with van der Waals surface area (Å²) in [5, 5.41) is 17.7. The lowest BCUT2D eigenvalue weighted by atomic mass is 9.80. The van der Waals surface area contributed by atoms with Gasteiger partial charge in [-0.05, 0) is 57.6 Å². The largest absolute Gasteiger partial charge is 0.573 e. The van der Waals surface area contributed by atoms with Crippen LogP contribution < -0.4 is 10.1 Å². The SMILES string of the molecule is CC(=O)N[C@H]1CN(C2CCC(C(=O)c3c(C)nn(-c4cccc(OC(F)(F)F)c4)c3C3CC3)CC2)C[C@@H]1O. The van der Waals surface area contributed by atoms with Gasteiger partial charge in [0.15, 0.2) is 5.78 Å². The highest BCUT2D eigenvalue weighted by Crippen LogP contribution is 2.45. The van der Waals surface area contributed by atoms with E-state index in [1.54, 1.807) is 17.7 Å². The normalized spacial score (nSPS) is 26.4. The molecule has 11 heteroatoms. The number of benzene rings is 1. The van der Waals surface area contributed by atoms with Gasteiger partial charge in [0, 0.05) is 44.0 Å². The number of carbonyl (C=O) groups excluding carboxylic acids is 2. The Kier molecular flexibility index (Phi) is 7.25. The maximum atomic E-state index is 13.8. The molecule has 0 bridgehead atoms. The van der Waals surface area contributed by atoms with Crippen molar-refractivity contribution in [1.82, 2.24) is 20.0 Å². The summed E-state index contributed by atoms with van der Waals surface area (Å²) in [4.78, 5) is 27.4. The van der Waals surface area contributed by atoms with Crippen molar-refractivity contribution in [2.45, 2.75) is 82.8 Å². The molecule has 2 aliphatic carbocycles. The molecule has 1 saturated heterocycles. The lowest BCUT2D eigenvalue weighted by molar-refractivity contribution is -0.274. The number of β-amino-alcohol motifs (C(OH)–C–C–N with tert-alkyl or cyclic N) is 1. The third kappa shape index (κ3) is 5.73. The summed E-state index contributed by atoms with van der Waals surface area (Å²) in [6, 6.07) is 5.66. The summed E-state index contributed by atoms with van der Waals surface area (Å²) in [6.45, 7) is 4.33. The van der Waals surface area contributed by atoms with Crippen LogP contribution in [0.4, 0.5) is 13.2 Å². The van der Waals surface area contributed by atoms with Crippen molar-refractivity contribution in [3.05, 3.63) is 41.2 Å². The average Bonchev–Trinajstić information content (AvgIpc) is 3.54. The van der Waals surface area contributed by atoms with E-state index in [2.05, 4.69) is 20.1 Å². The fourth-order valence-electron chi connectivity index (χ4n) is 6.02. The molecule has 1 aromatic carbocycles. The van der Waals surface area contributed by atoms with Gasteiger partial charge < -0.3 is 15.2 Å². The molecule has 1 aliphatic heterocycles. The Labute approximate surface area is 219 Å². The number of aliphatic hydroxyl groups is 1. The van der Waals surface area contributed by atoms with E-state index in [9.17, 15) is 27.9 Å². The number of nitrogens with zero attached hydrogens (tertiary/aromatic N) is 3. The van der Waals surface area contributed by atoms with Gasteiger partial charge >= 0.3 is 6.36 Å². The number of amides is 1. The number of nitrogens with one attached hydrogen (secondary N) is 1. The Balaban J connectivity index is 1.31. The minimum Gasteiger partial charge on any atom is -0.406 e. The Morgan fingerprint density at radius 1 is 1.11 bits per heavy atom. The van der Waals surface area contributed by atoms with Gasteiger partial charge in [0.2, 0.25) is 5.91 Å². The van der Waals surface area contributed by atoms with E-state index in [0.717, 1.165) is 31.4 Å². The third-order valence-electron chi connectivity index (χ3n) is 7.89. The van der Waals surface area contributed by atoms with E-state index in [0.29, 0.717) is 42.9 Å². The highest BCUT2D eigenvalue weighted by molar-refractivity contribution is 6.00. The number of likely N-dealkylation sites (tertiary alicyclic amines) is 1. The molecule has 2 atom stereocenters. The Morgan fingerprint density at radius 3 is 2.45 bits per heavy atom. The van der Waals surface area contributed by atoms with Crippen LogP contribution in [-0.4, -0.2) is 69.1 Å². The predicted molar refractivity (Wildman–Crippen MR) is 132 cm³/mol. The molecule has 2 N–H and O–H groups in total. The van der Waals surface area contributed by atoms with E-state index in [1.165, 1.54) is 25.1 Å². The molecular formula is C27H33F3N4O4. The summed E-state index contributed by atoms with van der Waals surface area (Å²) in [7, 11) is 0. The van der Waals surface area contributed by atoms with Gasteiger partial charge in [0.1, 0.15) is 5.75 Å². The van der Waals surface area contributed by atoms with Crippen LogP contribution in [0.1, 0.15) is 73.1 Å². The molecule has 5 rings (SSSR count). The van der Waals surface area contributed by atoms with Gasteiger partial charge in [0.25, 0.3) is 0 Å². The van der Waals surface area contributed by atoms with Gasteiger partial charge in [-0.15, -0.1) is 13.2 Å². The lowest BCUT2D eigenvalue weighted by Crippen LogP contribution is -2.42. The zero-order chi connectivity index (χ0) is 27.2. The summed E-state index contributed by atoms with van der Waals surface area (Å²) in [5.74, 6) is -0.445. The number of hydrogen-bond acceptors (Lipinski definition) is 6. The first-order valence-electron chi connectivity index (χ1n) is 13.2. The number of aliphatic hydroxyl groups excluding tert-OH is 1. The summed E-state index contributed by atoms with van der Waals surface area (Å²) >= 11 is 0. The summed E-state index contributed by atoms with van der Waals surface area (Å²) < 4.78 is 44.0. The number of rotatable bonds is 7. The van der Waals surface area contributed by atoms with E-state index in [4.69, 9.17) is 0 Å². The number of alkyl halides is 3. The van der Waals surface area contributed by atoms with Crippen molar-refractivity contribution in [2.75, 3.05) is 13.1 Å². The fraction of sp³-hybridized carbons (Fsp3) is 0.593. The highest BCUT2D eigenvalue weighted by Gasteiger charge is 2.40. The molecule has 3 aliphatic rings. The summed E-state index contributed by atoms with van der Waals surface area (Å²) in [5.41, 5.74) is 2.39. The zero-order valence-corrected chi connectivity index (χ0v) is 21.5. The van der Waals surface area contributed by atoms with E-state index >= 15 is 0 Å². The maximum Gasteiger partial charge on any atom is 0.573 e. The number of hydrogen-bond donors (Lipinski definition) is 2. The second kappa shape index (κ2) is 10.3. The molecule has 8 nitrogen and oxygen atoms in total. The molecule has 38 heavy (non-hydrogen) atoms. The first kappa shape index (κ1) is 26.7. The first-order chi connectivity index (χ1) is 18.0. The highest BCUT2D eigenvalue weighted by atomic mass is 19.4. The van der Waals surface area contributed by atoms with Crippen LogP contribution in [0, 0.1) is 12.8 Å². The van der Waals surface area contributed by atoms with Crippen molar-refractivity contribution < 1.29 is 32.6 Å². The number of aromatic nitrogens is 2. The standard InChI is InChI=1S/C27H33F3N4O4/c1-15-24(25(17-6-7-17)34(32-15)20-4-3-5-21(12-20)38-27(28,29)30)26(37)18-8-10-19(11-9-18)33-13-22(23(36)14-33)31-16(2)35/h3-5,12,17-19,22-23,36H,6-11,13-14H2,1-2H3,(H,31,35)/t18?,19?,22-,23-/m0/s1. The minimum absolute atomic E-state index is 0.0503. The Bertz CT molecular complexity index is 1200. The van der Waals surface area contributed by atoms with Crippen LogP contribution in [0.5, 0.6) is 5.75 Å². The van der Waals surface area contributed by atoms with Gasteiger partial charge in [-0.1, -0.05) is 6.07 Å². The topological polar surface area (TPSA) is 96.7 Å². The Morgan fingerprint density at radius 2 is 1.82 bits per heavy atom. The fourth-order valence-corrected chi connectivity index (χ4v) is 6.02. The molecule has 0 radical (unpaired) electrons. The van der Waals surface area contributed by atoms with Crippen LogP contribution in [0.3, 0.4) is 0 Å². The number of halogens is 3. The molecule has 1 amide bonds. The summed E-state index contributed by atoms with van der Waals surface area (Å²) in [6.07, 6.45) is -0.525. The maximum absolute atomic E-state index is 13.8. The number of ketones is 1. The van der Waals surface area contributed by atoms with Crippen LogP contribution in [-0.2, 0) is 4.79 Å². The van der Waals surface area contributed by atoms with Gasteiger partial charge in [0.05, 0.1) is 34.8 Å². The average molecular weight is 535 g/mol. The van der Waals surface area contributed by atoms with E-state index in [-0.39, 0.29) is 41.4 Å². The molecule has 2 aromatic rings. The number of aryl methyl sites for hydroxylation is 1. The van der Waals surface area contributed by atoms with Crippen molar-refractivity contribution in [2.24, 2.45) is 5.92 Å². The molecule has 3 fully saturated rings. The van der Waals surface area contributed by atoms with Crippen LogP contribution >= 0.6 is 0 Å². The predicted octanol–water partition coefficient (Wildman–Crippen LogP) is 3.88. The Hall–Kier alpha value is -2.92. The zero-order valence-electron chi connectivity index (χ0n) is 21.5.